The van der Waals surface area contributed by atoms with Crippen molar-refractivity contribution in [1.29, 1.82) is 0 Å². The van der Waals surface area contributed by atoms with Crippen LogP contribution in [0.15, 0.2) is 24.3 Å². The number of hydrogen-bond acceptors (Lipinski definition) is 2. The van der Waals surface area contributed by atoms with Crippen molar-refractivity contribution in [2.75, 3.05) is 6.54 Å². The molecule has 1 atom stereocenters. The Morgan fingerprint density at radius 3 is 2.21 bits per heavy atom. The summed E-state index contributed by atoms with van der Waals surface area (Å²) in [6.45, 7) is 6.87. The van der Waals surface area contributed by atoms with Crippen LogP contribution < -0.4 is 5.32 Å². The summed E-state index contributed by atoms with van der Waals surface area (Å²) in [6.07, 6.45) is 3.72. The molecule has 3 heteroatoms. The third kappa shape index (κ3) is 5.13. The van der Waals surface area contributed by atoms with Gasteiger partial charge in [-0.3, -0.25) is 0 Å². The van der Waals surface area contributed by atoms with E-state index < -0.39 is 5.60 Å². The van der Waals surface area contributed by atoms with Crippen molar-refractivity contribution in [1.82, 2.24) is 5.32 Å². The zero-order valence-corrected chi connectivity index (χ0v) is 13.0. The first-order chi connectivity index (χ1) is 9.04. The number of nitrogens with one attached hydrogen (secondary N) is 1. The van der Waals surface area contributed by atoms with E-state index in [1.54, 1.807) is 0 Å². The molecule has 0 aliphatic rings. The fourth-order valence-electron chi connectivity index (χ4n) is 2.18. The zero-order valence-electron chi connectivity index (χ0n) is 12.2. The molecular weight excluding hydrogens is 258 g/mol. The number of benzene rings is 1. The Kier molecular flexibility index (Phi) is 6.84. The van der Waals surface area contributed by atoms with Crippen molar-refractivity contribution in [3.63, 3.8) is 0 Å². The van der Waals surface area contributed by atoms with E-state index in [1.165, 1.54) is 5.56 Å². The molecule has 19 heavy (non-hydrogen) atoms. The minimum absolute atomic E-state index is 0.284. The summed E-state index contributed by atoms with van der Waals surface area (Å²) < 4.78 is 0. The number of rotatable bonds is 8. The molecule has 2 nitrogen and oxygen atoms in total. The Morgan fingerprint density at radius 1 is 1.16 bits per heavy atom. The summed E-state index contributed by atoms with van der Waals surface area (Å²) in [4.78, 5) is 0. The molecule has 108 valence electrons. The topological polar surface area (TPSA) is 32.3 Å². The molecule has 0 heterocycles. The molecule has 0 aliphatic heterocycles. The van der Waals surface area contributed by atoms with Crippen LogP contribution in [-0.2, 0) is 0 Å². The van der Waals surface area contributed by atoms with Gasteiger partial charge >= 0.3 is 0 Å². The molecular formula is C16H26ClNO. The third-order valence-electron chi connectivity index (χ3n) is 3.84. The van der Waals surface area contributed by atoms with E-state index in [9.17, 15) is 5.11 Å². The van der Waals surface area contributed by atoms with E-state index in [4.69, 9.17) is 11.6 Å². The lowest BCUT2D eigenvalue weighted by Gasteiger charge is -2.29. The van der Waals surface area contributed by atoms with Gasteiger partial charge in [-0.15, -0.1) is 0 Å². The molecule has 0 saturated heterocycles. The highest BCUT2D eigenvalue weighted by molar-refractivity contribution is 6.30. The van der Waals surface area contributed by atoms with Crippen LogP contribution in [0.1, 0.15) is 58.1 Å². The molecule has 0 aliphatic carbocycles. The Hall–Kier alpha value is -0.570. The van der Waals surface area contributed by atoms with Crippen LogP contribution in [0.3, 0.4) is 0 Å². The Labute approximate surface area is 122 Å². The van der Waals surface area contributed by atoms with Crippen LogP contribution in [0, 0.1) is 0 Å². The second-order valence-electron chi connectivity index (χ2n) is 5.21. The van der Waals surface area contributed by atoms with E-state index in [0.29, 0.717) is 6.54 Å². The highest BCUT2D eigenvalue weighted by atomic mass is 35.5. The number of halogens is 1. The summed E-state index contributed by atoms with van der Waals surface area (Å²) in [5.41, 5.74) is 0.638. The monoisotopic (exact) mass is 283 g/mol. The molecule has 0 fully saturated rings. The van der Waals surface area contributed by atoms with E-state index in [0.717, 1.165) is 30.7 Å². The van der Waals surface area contributed by atoms with Crippen LogP contribution in [-0.4, -0.2) is 17.3 Å². The average Bonchev–Trinajstić information content (AvgIpc) is 2.44. The Bertz CT molecular complexity index is 360. The summed E-state index contributed by atoms with van der Waals surface area (Å²) in [5.74, 6) is 0. The van der Waals surface area contributed by atoms with Crippen molar-refractivity contribution in [3.05, 3.63) is 34.9 Å². The van der Waals surface area contributed by atoms with Crippen LogP contribution in [0.25, 0.3) is 0 Å². The molecule has 1 aromatic carbocycles. The lowest BCUT2D eigenvalue weighted by atomic mass is 9.95. The number of aliphatic hydroxyl groups is 1. The second-order valence-corrected chi connectivity index (χ2v) is 5.64. The van der Waals surface area contributed by atoms with Crippen molar-refractivity contribution in [3.8, 4) is 0 Å². The van der Waals surface area contributed by atoms with Gasteiger partial charge in [-0.05, 0) is 37.0 Å². The number of hydrogen-bond donors (Lipinski definition) is 2. The average molecular weight is 284 g/mol. The van der Waals surface area contributed by atoms with Crippen LogP contribution in [0.5, 0.6) is 0 Å². The summed E-state index contributed by atoms with van der Waals surface area (Å²) in [7, 11) is 0. The Balaban J connectivity index is 2.70. The largest absolute Gasteiger partial charge is 0.389 e. The van der Waals surface area contributed by atoms with Crippen molar-refractivity contribution < 1.29 is 5.11 Å². The molecule has 0 radical (unpaired) electrons. The first-order valence-corrected chi connectivity index (χ1v) is 7.63. The summed E-state index contributed by atoms with van der Waals surface area (Å²) in [6, 6.07) is 8.26. The van der Waals surface area contributed by atoms with Crippen molar-refractivity contribution >= 4 is 11.6 Å². The SMILES string of the molecule is CCCC(NCC(O)(CC)CC)c1ccc(Cl)cc1. The minimum atomic E-state index is -0.599. The van der Waals surface area contributed by atoms with Gasteiger partial charge in [-0.25, -0.2) is 0 Å². The Morgan fingerprint density at radius 2 is 1.74 bits per heavy atom. The van der Waals surface area contributed by atoms with Gasteiger partial charge in [0.15, 0.2) is 0 Å². The van der Waals surface area contributed by atoms with Gasteiger partial charge in [-0.2, -0.15) is 0 Å². The quantitative estimate of drug-likeness (QED) is 0.745. The lowest BCUT2D eigenvalue weighted by Crippen LogP contribution is -2.41. The lowest BCUT2D eigenvalue weighted by molar-refractivity contribution is 0.0295. The second kappa shape index (κ2) is 7.88. The molecule has 0 aromatic heterocycles. The first-order valence-electron chi connectivity index (χ1n) is 7.26. The van der Waals surface area contributed by atoms with E-state index in [2.05, 4.69) is 24.4 Å². The van der Waals surface area contributed by atoms with Crippen molar-refractivity contribution in [2.24, 2.45) is 0 Å². The molecule has 2 N–H and O–H groups in total. The predicted octanol–water partition coefficient (Wildman–Crippen LogP) is 4.32. The van der Waals surface area contributed by atoms with E-state index in [1.807, 2.05) is 26.0 Å². The molecule has 1 aromatic rings. The summed E-state index contributed by atoms with van der Waals surface area (Å²) >= 11 is 5.93. The maximum atomic E-state index is 10.4. The zero-order chi connectivity index (χ0) is 14.3. The highest BCUT2D eigenvalue weighted by Gasteiger charge is 2.23. The van der Waals surface area contributed by atoms with Gasteiger partial charge in [0, 0.05) is 17.6 Å². The van der Waals surface area contributed by atoms with Gasteiger partial charge in [0.2, 0.25) is 0 Å². The van der Waals surface area contributed by atoms with Gasteiger partial charge in [0.25, 0.3) is 0 Å². The van der Waals surface area contributed by atoms with Crippen LogP contribution in [0.2, 0.25) is 5.02 Å². The van der Waals surface area contributed by atoms with E-state index in [-0.39, 0.29) is 6.04 Å². The normalized spacial score (nSPS) is 13.5. The fourth-order valence-corrected chi connectivity index (χ4v) is 2.31. The molecule has 0 bridgehead atoms. The minimum Gasteiger partial charge on any atom is -0.389 e. The van der Waals surface area contributed by atoms with Gasteiger partial charge < -0.3 is 10.4 Å². The van der Waals surface area contributed by atoms with Crippen LogP contribution >= 0.6 is 11.6 Å². The van der Waals surface area contributed by atoms with Gasteiger partial charge in [0.05, 0.1) is 5.60 Å². The third-order valence-corrected chi connectivity index (χ3v) is 4.10. The standard InChI is InChI=1S/C16H26ClNO/c1-4-7-15(13-8-10-14(17)11-9-13)18-12-16(19,5-2)6-3/h8-11,15,18-19H,4-7,12H2,1-3H3. The van der Waals surface area contributed by atoms with Crippen molar-refractivity contribution in [2.45, 2.75) is 58.1 Å². The maximum Gasteiger partial charge on any atom is 0.0766 e. The predicted molar refractivity (Wildman–Crippen MR) is 82.6 cm³/mol. The fraction of sp³-hybridized carbons (Fsp3) is 0.625. The summed E-state index contributed by atoms with van der Waals surface area (Å²) in [5, 5.41) is 14.6. The maximum absolute atomic E-state index is 10.4. The van der Waals surface area contributed by atoms with Crippen LogP contribution in [0.4, 0.5) is 0 Å². The first kappa shape index (κ1) is 16.5. The molecule has 0 spiro atoms. The molecule has 0 amide bonds. The van der Waals surface area contributed by atoms with Gasteiger partial charge in [-0.1, -0.05) is 50.9 Å². The highest BCUT2D eigenvalue weighted by Crippen LogP contribution is 2.22. The van der Waals surface area contributed by atoms with E-state index >= 15 is 0 Å². The van der Waals surface area contributed by atoms with Gasteiger partial charge in [0.1, 0.15) is 0 Å². The molecule has 0 saturated carbocycles. The molecule has 1 unspecified atom stereocenters. The molecule has 1 rings (SSSR count). The smallest absolute Gasteiger partial charge is 0.0766 e.